The van der Waals surface area contributed by atoms with E-state index in [1.54, 1.807) is 17.9 Å². The van der Waals surface area contributed by atoms with Gasteiger partial charge in [-0.1, -0.05) is 24.3 Å². The fourth-order valence-corrected chi connectivity index (χ4v) is 5.35. The van der Waals surface area contributed by atoms with Crippen LogP contribution >= 0.6 is 0 Å². The highest BCUT2D eigenvalue weighted by Crippen LogP contribution is 2.41. The van der Waals surface area contributed by atoms with Gasteiger partial charge < -0.3 is 20.0 Å². The lowest BCUT2D eigenvalue weighted by atomic mass is 9.71. The van der Waals surface area contributed by atoms with Crippen LogP contribution in [0.4, 0.5) is 5.82 Å². The van der Waals surface area contributed by atoms with Gasteiger partial charge in [0.1, 0.15) is 12.4 Å². The average molecular weight is 494 g/mol. The van der Waals surface area contributed by atoms with Crippen LogP contribution in [0.15, 0.2) is 53.5 Å². The topological polar surface area (TPSA) is 129 Å². The van der Waals surface area contributed by atoms with Gasteiger partial charge in [0.2, 0.25) is 5.91 Å². The van der Waals surface area contributed by atoms with Gasteiger partial charge in [0.15, 0.2) is 0 Å². The normalized spacial score (nSPS) is 19.0. The lowest BCUT2D eigenvalue weighted by Crippen LogP contribution is -2.56. The molecule has 10 nitrogen and oxygen atoms in total. The number of aromatic nitrogens is 3. The minimum absolute atomic E-state index is 0.102. The molecule has 2 aliphatic rings. The molecular weight excluding hydrogens is 462 g/mol. The zero-order chi connectivity index (χ0) is 25.7. The second-order valence-electron chi connectivity index (χ2n) is 9.55. The fourth-order valence-electron chi connectivity index (χ4n) is 5.35. The van der Waals surface area contributed by atoms with E-state index < -0.39 is 6.10 Å². The molecule has 10 heteroatoms. The number of nitrogens with zero attached hydrogens (tertiary/aromatic N) is 5. The second-order valence-corrected chi connectivity index (χ2v) is 9.55. The van der Waals surface area contributed by atoms with Gasteiger partial charge in [-0.05, 0) is 49.1 Å². The van der Waals surface area contributed by atoms with Crippen molar-refractivity contribution in [3.8, 4) is 0 Å². The zero-order valence-corrected chi connectivity index (χ0v) is 20.3. The number of benzene rings is 1. The summed E-state index contributed by atoms with van der Waals surface area (Å²) >= 11 is 0. The van der Waals surface area contributed by atoms with Crippen LogP contribution in [-0.4, -0.2) is 74.5 Å². The van der Waals surface area contributed by atoms with Crippen molar-refractivity contribution in [3.63, 3.8) is 0 Å². The highest BCUT2D eigenvalue weighted by Gasteiger charge is 2.43. The van der Waals surface area contributed by atoms with Crippen molar-refractivity contribution in [3.05, 3.63) is 64.7 Å². The number of hydrogen-bond donors (Lipinski definition) is 2. The van der Waals surface area contributed by atoms with Crippen LogP contribution in [0, 0.1) is 12.3 Å². The number of aryl methyl sites for hydroxylation is 1. The fraction of sp³-hybridized carbons (Fsp3) is 0.423. The molecule has 0 saturated carbocycles. The molecule has 4 heterocycles. The summed E-state index contributed by atoms with van der Waals surface area (Å²) in [4.78, 5) is 42.2. The SMILES string of the molecule is Cc1ccc(=O)n(CC(=O)N2CC(O)CC3(CCN(c4nccc5ccccc45)CC3)C2)n1.O=CO. The quantitative estimate of drug-likeness (QED) is 0.528. The molecular formula is C26H31N5O5. The molecule has 0 bridgehead atoms. The lowest BCUT2D eigenvalue weighted by Gasteiger charge is -2.49. The Morgan fingerprint density at radius 3 is 2.64 bits per heavy atom. The number of rotatable bonds is 3. The molecule has 1 aromatic carbocycles. The molecule has 0 aliphatic carbocycles. The number of hydrogen-bond acceptors (Lipinski definition) is 7. The first kappa shape index (κ1) is 25.3. The number of β-amino-alcohol motifs (C(OH)–C–C–N with tert-alkyl or cyclic N) is 1. The molecule has 2 aromatic heterocycles. The van der Waals surface area contributed by atoms with E-state index in [1.807, 2.05) is 24.4 Å². The van der Waals surface area contributed by atoms with Gasteiger partial charge >= 0.3 is 0 Å². The Kier molecular flexibility index (Phi) is 7.64. The van der Waals surface area contributed by atoms with E-state index in [2.05, 4.69) is 27.1 Å². The lowest BCUT2D eigenvalue weighted by molar-refractivity contribution is -0.140. The van der Waals surface area contributed by atoms with Crippen LogP contribution in [0.1, 0.15) is 25.0 Å². The molecule has 3 aromatic rings. The summed E-state index contributed by atoms with van der Waals surface area (Å²) in [6.45, 7) is 3.99. The molecule has 2 aliphatic heterocycles. The second kappa shape index (κ2) is 10.9. The van der Waals surface area contributed by atoms with Gasteiger partial charge in [-0.2, -0.15) is 5.10 Å². The van der Waals surface area contributed by atoms with E-state index in [0.29, 0.717) is 25.2 Å². The van der Waals surface area contributed by atoms with Crippen molar-refractivity contribution in [2.75, 3.05) is 31.1 Å². The number of aliphatic hydroxyl groups excluding tert-OH is 1. The van der Waals surface area contributed by atoms with Gasteiger partial charge in [-0.25, -0.2) is 9.67 Å². The molecule has 190 valence electrons. The number of likely N-dealkylation sites (tertiary alicyclic amines) is 1. The number of fused-ring (bicyclic) bond motifs is 1. The largest absolute Gasteiger partial charge is 0.483 e. The Morgan fingerprint density at radius 1 is 1.17 bits per heavy atom. The number of aliphatic hydroxyl groups is 1. The maximum atomic E-state index is 13.0. The number of carbonyl (C=O) groups is 2. The molecule has 2 N–H and O–H groups in total. The third-order valence-corrected chi connectivity index (χ3v) is 7.04. The minimum atomic E-state index is -0.563. The number of piperidine rings is 2. The molecule has 2 saturated heterocycles. The summed E-state index contributed by atoms with van der Waals surface area (Å²) in [5, 5.41) is 24.0. The van der Waals surface area contributed by atoms with Crippen LogP contribution in [0.5, 0.6) is 0 Å². The molecule has 1 spiro atoms. The Balaban J connectivity index is 0.000000967. The summed E-state index contributed by atoms with van der Waals surface area (Å²) in [5.41, 5.74) is 0.267. The van der Waals surface area contributed by atoms with E-state index >= 15 is 0 Å². The first-order valence-electron chi connectivity index (χ1n) is 12.0. The third kappa shape index (κ3) is 5.54. The van der Waals surface area contributed by atoms with Gasteiger partial charge in [0.25, 0.3) is 12.0 Å². The zero-order valence-electron chi connectivity index (χ0n) is 20.3. The highest BCUT2D eigenvalue weighted by molar-refractivity contribution is 5.92. The van der Waals surface area contributed by atoms with Crippen LogP contribution in [-0.2, 0) is 16.1 Å². The molecule has 0 radical (unpaired) electrons. The number of carboxylic acid groups (broad SMARTS) is 1. The Labute approximate surface area is 208 Å². The smallest absolute Gasteiger partial charge is 0.290 e. The first-order valence-corrected chi connectivity index (χ1v) is 12.0. The number of pyridine rings is 1. The Bertz CT molecular complexity index is 1280. The van der Waals surface area contributed by atoms with E-state index in [-0.39, 0.29) is 29.9 Å². The Hall–Kier alpha value is -3.79. The predicted molar refractivity (Wildman–Crippen MR) is 135 cm³/mol. The molecule has 1 unspecified atom stereocenters. The summed E-state index contributed by atoms with van der Waals surface area (Å²) < 4.78 is 1.21. The first-order chi connectivity index (χ1) is 17.3. The minimum Gasteiger partial charge on any atom is -0.483 e. The van der Waals surface area contributed by atoms with Crippen molar-refractivity contribution < 1.29 is 19.8 Å². The molecule has 1 atom stereocenters. The van der Waals surface area contributed by atoms with Gasteiger partial charge in [0.05, 0.1) is 11.8 Å². The monoisotopic (exact) mass is 493 g/mol. The van der Waals surface area contributed by atoms with Gasteiger partial charge in [-0.15, -0.1) is 0 Å². The van der Waals surface area contributed by atoms with Crippen molar-refractivity contribution in [1.82, 2.24) is 19.7 Å². The van der Waals surface area contributed by atoms with Crippen molar-refractivity contribution in [2.45, 2.75) is 38.8 Å². The van der Waals surface area contributed by atoms with Crippen LogP contribution in [0.2, 0.25) is 0 Å². The van der Waals surface area contributed by atoms with Crippen LogP contribution in [0.3, 0.4) is 0 Å². The summed E-state index contributed by atoms with van der Waals surface area (Å²) in [6.07, 6.45) is 3.74. The predicted octanol–water partition coefficient (Wildman–Crippen LogP) is 1.68. The van der Waals surface area contributed by atoms with E-state index in [9.17, 15) is 14.7 Å². The van der Waals surface area contributed by atoms with Crippen molar-refractivity contribution in [1.29, 1.82) is 0 Å². The number of carbonyl (C=O) groups excluding carboxylic acids is 1. The molecule has 2 fully saturated rings. The number of anilines is 1. The molecule has 1 amide bonds. The molecule has 5 rings (SSSR count). The van der Waals surface area contributed by atoms with Crippen molar-refractivity contribution in [2.24, 2.45) is 5.41 Å². The van der Waals surface area contributed by atoms with E-state index in [4.69, 9.17) is 9.90 Å². The summed E-state index contributed by atoms with van der Waals surface area (Å²) in [7, 11) is 0. The van der Waals surface area contributed by atoms with Gasteiger partial charge in [0, 0.05) is 43.8 Å². The third-order valence-electron chi connectivity index (χ3n) is 7.04. The van der Waals surface area contributed by atoms with Crippen molar-refractivity contribution >= 4 is 29.0 Å². The van der Waals surface area contributed by atoms with E-state index in [0.717, 1.165) is 37.1 Å². The van der Waals surface area contributed by atoms with Gasteiger partial charge in [-0.3, -0.25) is 14.4 Å². The summed E-state index contributed by atoms with van der Waals surface area (Å²) in [5.74, 6) is 0.823. The maximum absolute atomic E-state index is 13.0. The molecule has 36 heavy (non-hydrogen) atoms. The average Bonchev–Trinajstić information content (AvgIpc) is 2.86. The Morgan fingerprint density at radius 2 is 1.89 bits per heavy atom. The maximum Gasteiger partial charge on any atom is 0.290 e. The van der Waals surface area contributed by atoms with E-state index in [1.165, 1.54) is 16.1 Å². The highest BCUT2D eigenvalue weighted by atomic mass is 16.3. The summed E-state index contributed by atoms with van der Waals surface area (Å²) in [6, 6.07) is 13.4. The number of amides is 1. The van der Waals surface area contributed by atoms with Crippen LogP contribution < -0.4 is 10.5 Å². The standard InChI is InChI=1S/C25H29N5O3.CH2O2/c1-18-6-7-22(32)30(27-18)16-23(33)29-15-20(31)14-25(17-29)9-12-28(13-10-25)24-21-5-3-2-4-19(21)8-11-26-24;2-1-3/h2-8,11,20,31H,9-10,12-17H2,1H3;1H,(H,2,3). The van der Waals surface area contributed by atoms with Crippen LogP contribution in [0.25, 0.3) is 10.8 Å².